The van der Waals surface area contributed by atoms with Crippen molar-refractivity contribution in [3.8, 4) is 0 Å². The van der Waals surface area contributed by atoms with E-state index in [0.29, 0.717) is 5.56 Å². The molecule has 104 valence electrons. The van der Waals surface area contributed by atoms with Gasteiger partial charge in [0.25, 0.3) is 0 Å². The Balaban J connectivity index is 2.19. The molecule has 0 saturated heterocycles. The lowest BCUT2D eigenvalue weighted by atomic mass is 10.1. The summed E-state index contributed by atoms with van der Waals surface area (Å²) in [6.07, 6.45) is 0. The molecule has 0 spiro atoms. The molecule has 2 rings (SSSR count). The molecule has 0 amide bonds. The van der Waals surface area contributed by atoms with Crippen LogP contribution >= 0.6 is 11.8 Å². The van der Waals surface area contributed by atoms with Gasteiger partial charge in [0, 0.05) is 10.6 Å². The number of thioether (sulfide) groups is 1. The molecule has 0 aliphatic rings. The van der Waals surface area contributed by atoms with E-state index in [1.54, 1.807) is 17.8 Å². The van der Waals surface area contributed by atoms with Crippen molar-refractivity contribution in [3.63, 3.8) is 0 Å². The third-order valence-corrected chi connectivity index (χ3v) is 4.49. The highest BCUT2D eigenvalue weighted by Gasteiger charge is 2.09. The number of benzene rings is 2. The molecule has 2 nitrogen and oxygen atoms in total. The zero-order valence-corrected chi connectivity index (χ0v) is 12.8. The Morgan fingerprint density at radius 2 is 1.70 bits per heavy atom. The Hall–Kier alpha value is -1.74. The molecule has 0 atom stereocenters. The van der Waals surface area contributed by atoms with Crippen LogP contribution in [0.3, 0.4) is 0 Å². The Bertz CT molecular complexity index is 627. The first-order chi connectivity index (χ1) is 9.49. The predicted octanol–water partition coefficient (Wildman–Crippen LogP) is 4.60. The molecule has 0 unspecified atom stereocenters. The normalized spacial score (nSPS) is 10.6. The van der Waals surface area contributed by atoms with Gasteiger partial charge in [0.05, 0.1) is 5.56 Å². The van der Waals surface area contributed by atoms with Gasteiger partial charge in [-0.15, -0.1) is 11.8 Å². The second-order valence-electron chi connectivity index (χ2n) is 4.94. The molecule has 20 heavy (non-hydrogen) atoms. The van der Waals surface area contributed by atoms with Gasteiger partial charge in [0.15, 0.2) is 0 Å². The standard InChI is InChI=1S/C17H18O2S/c1-11-5-4-6-12(2)16(11)10-20-14-8-7-13(3)15(9-14)17(18)19/h4-9H,10H2,1-3H3,(H,18,19). The Morgan fingerprint density at radius 1 is 1.05 bits per heavy atom. The number of carbonyl (C=O) groups is 1. The highest BCUT2D eigenvalue weighted by atomic mass is 32.2. The van der Waals surface area contributed by atoms with Gasteiger partial charge in [-0.05, 0) is 55.2 Å². The molecule has 0 aromatic heterocycles. The zero-order chi connectivity index (χ0) is 14.7. The van der Waals surface area contributed by atoms with Crippen LogP contribution in [-0.4, -0.2) is 11.1 Å². The molecule has 0 heterocycles. The molecular formula is C17H18O2S. The van der Waals surface area contributed by atoms with E-state index in [4.69, 9.17) is 5.11 Å². The van der Waals surface area contributed by atoms with Crippen LogP contribution in [0.5, 0.6) is 0 Å². The maximum absolute atomic E-state index is 11.1. The van der Waals surface area contributed by atoms with Crippen molar-refractivity contribution in [1.82, 2.24) is 0 Å². The molecular weight excluding hydrogens is 268 g/mol. The highest BCUT2D eigenvalue weighted by Crippen LogP contribution is 2.27. The Morgan fingerprint density at radius 3 is 2.30 bits per heavy atom. The summed E-state index contributed by atoms with van der Waals surface area (Å²) in [5.41, 5.74) is 5.08. The quantitative estimate of drug-likeness (QED) is 0.834. The van der Waals surface area contributed by atoms with Gasteiger partial charge >= 0.3 is 5.97 Å². The fraction of sp³-hybridized carbons (Fsp3) is 0.235. The van der Waals surface area contributed by atoms with Gasteiger partial charge in [0.2, 0.25) is 0 Å². The molecule has 0 aliphatic carbocycles. The lowest BCUT2D eigenvalue weighted by molar-refractivity contribution is 0.0696. The van der Waals surface area contributed by atoms with Crippen LogP contribution in [0.25, 0.3) is 0 Å². The number of rotatable bonds is 4. The third kappa shape index (κ3) is 3.23. The summed E-state index contributed by atoms with van der Waals surface area (Å²) in [4.78, 5) is 12.1. The first-order valence-corrected chi connectivity index (χ1v) is 7.49. The van der Waals surface area contributed by atoms with Crippen molar-refractivity contribution in [2.75, 3.05) is 0 Å². The monoisotopic (exact) mass is 286 g/mol. The van der Waals surface area contributed by atoms with E-state index in [1.807, 2.05) is 19.1 Å². The summed E-state index contributed by atoms with van der Waals surface area (Å²) < 4.78 is 0. The lowest BCUT2D eigenvalue weighted by Gasteiger charge is -2.10. The van der Waals surface area contributed by atoms with Crippen molar-refractivity contribution in [1.29, 1.82) is 0 Å². The number of hydrogen-bond donors (Lipinski definition) is 1. The Labute approximate surface area is 123 Å². The summed E-state index contributed by atoms with van der Waals surface area (Å²) in [5.74, 6) is -0.00214. The van der Waals surface area contributed by atoms with Crippen LogP contribution in [0.1, 0.15) is 32.6 Å². The molecule has 0 saturated carbocycles. The first kappa shape index (κ1) is 14.7. The highest BCUT2D eigenvalue weighted by molar-refractivity contribution is 7.98. The fourth-order valence-electron chi connectivity index (χ4n) is 2.15. The Kier molecular flexibility index (Phi) is 4.50. The minimum Gasteiger partial charge on any atom is -0.478 e. The van der Waals surface area contributed by atoms with E-state index < -0.39 is 5.97 Å². The van der Waals surface area contributed by atoms with Crippen LogP contribution in [0.2, 0.25) is 0 Å². The van der Waals surface area contributed by atoms with Gasteiger partial charge in [0.1, 0.15) is 0 Å². The second kappa shape index (κ2) is 6.14. The number of aromatic carboxylic acids is 1. The van der Waals surface area contributed by atoms with Crippen LogP contribution in [-0.2, 0) is 5.75 Å². The van der Waals surface area contributed by atoms with E-state index in [-0.39, 0.29) is 0 Å². The SMILES string of the molecule is Cc1ccc(SCc2c(C)cccc2C)cc1C(=O)O. The first-order valence-electron chi connectivity index (χ1n) is 6.51. The number of aryl methyl sites for hydroxylation is 3. The lowest BCUT2D eigenvalue weighted by Crippen LogP contribution is -1.99. The van der Waals surface area contributed by atoms with Crippen molar-refractivity contribution >= 4 is 17.7 Å². The minimum atomic E-state index is -0.864. The summed E-state index contributed by atoms with van der Waals surface area (Å²) in [5, 5.41) is 9.15. The van der Waals surface area contributed by atoms with Gasteiger partial charge in [-0.2, -0.15) is 0 Å². The van der Waals surface area contributed by atoms with Gasteiger partial charge in [-0.3, -0.25) is 0 Å². The van der Waals surface area contributed by atoms with Crippen molar-refractivity contribution in [2.45, 2.75) is 31.4 Å². The third-order valence-electron chi connectivity index (χ3n) is 3.47. The van der Waals surface area contributed by atoms with Gasteiger partial charge in [-0.1, -0.05) is 24.3 Å². The maximum Gasteiger partial charge on any atom is 0.335 e. The molecule has 0 radical (unpaired) electrons. The topological polar surface area (TPSA) is 37.3 Å². The largest absolute Gasteiger partial charge is 0.478 e. The van der Waals surface area contributed by atoms with Crippen molar-refractivity contribution in [3.05, 3.63) is 64.2 Å². The van der Waals surface area contributed by atoms with Gasteiger partial charge < -0.3 is 5.11 Å². The molecule has 2 aromatic carbocycles. The summed E-state index contributed by atoms with van der Waals surface area (Å²) >= 11 is 1.68. The van der Waals surface area contributed by atoms with Gasteiger partial charge in [-0.25, -0.2) is 4.79 Å². The van der Waals surface area contributed by atoms with E-state index in [9.17, 15) is 4.79 Å². The average molecular weight is 286 g/mol. The van der Waals surface area contributed by atoms with Crippen molar-refractivity contribution < 1.29 is 9.90 Å². The summed E-state index contributed by atoms with van der Waals surface area (Å²) in [7, 11) is 0. The predicted molar refractivity (Wildman–Crippen MR) is 83.6 cm³/mol. The zero-order valence-electron chi connectivity index (χ0n) is 11.9. The fourth-order valence-corrected chi connectivity index (χ4v) is 3.29. The molecule has 2 aromatic rings. The van der Waals surface area contributed by atoms with Crippen LogP contribution in [0.4, 0.5) is 0 Å². The van der Waals surface area contributed by atoms with Crippen molar-refractivity contribution in [2.24, 2.45) is 0 Å². The summed E-state index contributed by atoms with van der Waals surface area (Å²) in [6.45, 7) is 6.05. The summed E-state index contributed by atoms with van der Waals surface area (Å²) in [6, 6.07) is 11.9. The smallest absolute Gasteiger partial charge is 0.335 e. The second-order valence-corrected chi connectivity index (χ2v) is 5.99. The van der Waals surface area contributed by atoms with E-state index in [0.717, 1.165) is 16.2 Å². The molecule has 0 bridgehead atoms. The number of hydrogen-bond acceptors (Lipinski definition) is 2. The number of carboxylic acid groups (broad SMARTS) is 1. The molecule has 0 aliphatic heterocycles. The van der Waals surface area contributed by atoms with Crippen LogP contribution in [0, 0.1) is 20.8 Å². The number of carboxylic acids is 1. The molecule has 1 N–H and O–H groups in total. The van der Waals surface area contributed by atoms with Crippen LogP contribution < -0.4 is 0 Å². The minimum absolute atomic E-state index is 0.386. The van der Waals surface area contributed by atoms with Crippen LogP contribution in [0.15, 0.2) is 41.3 Å². The molecule has 0 fully saturated rings. The average Bonchev–Trinajstić information content (AvgIpc) is 2.39. The van der Waals surface area contributed by atoms with E-state index >= 15 is 0 Å². The molecule has 3 heteroatoms. The van der Waals surface area contributed by atoms with E-state index in [1.165, 1.54) is 16.7 Å². The van der Waals surface area contributed by atoms with E-state index in [2.05, 4.69) is 32.0 Å². The maximum atomic E-state index is 11.1.